The molecule has 2 N–H and O–H groups in total. The van der Waals surface area contributed by atoms with Crippen LogP contribution in [0.5, 0.6) is 5.75 Å². The van der Waals surface area contributed by atoms with E-state index in [1.54, 1.807) is 18.0 Å². The van der Waals surface area contributed by atoms with Gasteiger partial charge in [-0.05, 0) is 12.1 Å². The topological polar surface area (TPSA) is 55.6 Å². The third-order valence-corrected chi connectivity index (χ3v) is 2.82. The Morgan fingerprint density at radius 3 is 3.00 bits per heavy atom. The lowest BCUT2D eigenvalue weighted by Crippen LogP contribution is -2.25. The first-order valence-corrected chi connectivity index (χ1v) is 5.37. The summed E-state index contributed by atoms with van der Waals surface area (Å²) in [5, 5.41) is 0. The second kappa shape index (κ2) is 3.73. The molecule has 80 valence electrons. The lowest BCUT2D eigenvalue weighted by molar-refractivity contribution is -0.118. The van der Waals surface area contributed by atoms with E-state index in [0.29, 0.717) is 30.2 Å². The molecule has 0 spiro atoms. The van der Waals surface area contributed by atoms with Gasteiger partial charge in [0.15, 0.2) is 5.75 Å². The van der Waals surface area contributed by atoms with Crippen molar-refractivity contribution in [2.45, 2.75) is 6.42 Å². The maximum atomic E-state index is 11.6. The number of nitrogens with zero attached hydrogens (tertiary/aromatic N) is 1. The lowest BCUT2D eigenvalue weighted by atomic mass is 10.2. The van der Waals surface area contributed by atoms with Crippen LogP contribution >= 0.6 is 15.9 Å². The molecule has 1 aliphatic rings. The predicted molar refractivity (Wildman–Crippen MR) is 62.1 cm³/mol. The number of halogens is 1. The van der Waals surface area contributed by atoms with E-state index in [0.717, 1.165) is 4.47 Å². The minimum atomic E-state index is 0.0336. The molecule has 0 bridgehead atoms. The molecule has 0 aliphatic carbocycles. The molecule has 1 amide bonds. The lowest BCUT2D eigenvalue weighted by Gasteiger charge is -2.17. The third-order valence-electron chi connectivity index (χ3n) is 2.36. The average Bonchev–Trinajstić information content (AvgIpc) is 2.30. The van der Waals surface area contributed by atoms with Gasteiger partial charge in [0.1, 0.15) is 0 Å². The van der Waals surface area contributed by atoms with E-state index in [1.165, 1.54) is 0 Å². The van der Waals surface area contributed by atoms with Crippen molar-refractivity contribution in [3.8, 4) is 5.75 Å². The number of nitrogen functional groups attached to an aromatic ring is 1. The third kappa shape index (κ3) is 1.79. The molecule has 0 unspecified atom stereocenters. The number of fused-ring (bicyclic) bond motifs is 1. The molecule has 0 atom stereocenters. The molecule has 4 nitrogen and oxygen atoms in total. The second-order valence-corrected chi connectivity index (χ2v) is 4.31. The van der Waals surface area contributed by atoms with Crippen molar-refractivity contribution in [2.75, 3.05) is 24.3 Å². The quantitative estimate of drug-likeness (QED) is 0.732. The van der Waals surface area contributed by atoms with E-state index < -0.39 is 0 Å². The van der Waals surface area contributed by atoms with E-state index in [4.69, 9.17) is 10.5 Å². The van der Waals surface area contributed by atoms with Crippen LogP contribution in [0.1, 0.15) is 6.42 Å². The Hall–Kier alpha value is -1.23. The summed E-state index contributed by atoms with van der Waals surface area (Å²) in [6, 6.07) is 3.59. The normalized spacial score (nSPS) is 15.6. The smallest absolute Gasteiger partial charge is 0.230 e. The Bertz CT molecular complexity index is 420. The molecule has 0 aromatic heterocycles. The summed E-state index contributed by atoms with van der Waals surface area (Å²) in [6.45, 7) is 0.377. The molecule has 1 aromatic rings. The highest BCUT2D eigenvalue weighted by Gasteiger charge is 2.22. The fourth-order valence-corrected chi connectivity index (χ4v) is 2.01. The van der Waals surface area contributed by atoms with Gasteiger partial charge in [-0.1, -0.05) is 15.9 Å². The molecule has 2 rings (SSSR count). The number of hydrogen-bond donors (Lipinski definition) is 1. The Morgan fingerprint density at radius 2 is 2.27 bits per heavy atom. The molecule has 1 aromatic carbocycles. The predicted octanol–water partition coefficient (Wildman–Crippen LogP) is 1.78. The molecular weight excluding hydrogens is 260 g/mol. The van der Waals surface area contributed by atoms with E-state index in [2.05, 4.69) is 15.9 Å². The summed E-state index contributed by atoms with van der Waals surface area (Å²) in [6.07, 6.45) is 0.377. The number of carbonyl (C=O) groups excluding carboxylic acids is 1. The van der Waals surface area contributed by atoms with Crippen molar-refractivity contribution in [3.05, 3.63) is 16.6 Å². The molecule has 15 heavy (non-hydrogen) atoms. The SMILES string of the molecule is CN1C(=O)CCOc2c(N)cc(Br)cc21. The molecule has 5 heteroatoms. The number of amides is 1. The largest absolute Gasteiger partial charge is 0.489 e. The van der Waals surface area contributed by atoms with Crippen LogP contribution in [-0.4, -0.2) is 19.6 Å². The zero-order chi connectivity index (χ0) is 11.0. The van der Waals surface area contributed by atoms with Gasteiger partial charge in [0, 0.05) is 11.5 Å². The molecule has 0 radical (unpaired) electrons. The number of rotatable bonds is 0. The minimum Gasteiger partial charge on any atom is -0.489 e. The number of carbonyl (C=O) groups is 1. The van der Waals surface area contributed by atoms with Gasteiger partial charge in [0.2, 0.25) is 5.91 Å². The van der Waals surface area contributed by atoms with Crippen LogP contribution < -0.4 is 15.4 Å². The first-order chi connectivity index (χ1) is 7.09. The van der Waals surface area contributed by atoms with Gasteiger partial charge < -0.3 is 15.4 Å². The molecule has 0 saturated carbocycles. The first kappa shape index (κ1) is 10.3. The Labute approximate surface area is 96.1 Å². The van der Waals surface area contributed by atoms with Crippen LogP contribution in [0.2, 0.25) is 0 Å². The van der Waals surface area contributed by atoms with Crippen molar-refractivity contribution in [1.82, 2.24) is 0 Å². The van der Waals surface area contributed by atoms with E-state index in [-0.39, 0.29) is 5.91 Å². The molecule has 0 fully saturated rings. The van der Waals surface area contributed by atoms with Crippen LogP contribution in [0, 0.1) is 0 Å². The van der Waals surface area contributed by atoms with Crippen LogP contribution in [0.25, 0.3) is 0 Å². The van der Waals surface area contributed by atoms with E-state index >= 15 is 0 Å². The Balaban J connectivity index is 2.58. The highest BCUT2D eigenvalue weighted by atomic mass is 79.9. The number of nitrogens with two attached hydrogens (primary N) is 1. The minimum absolute atomic E-state index is 0.0336. The van der Waals surface area contributed by atoms with Crippen molar-refractivity contribution in [3.63, 3.8) is 0 Å². The summed E-state index contributed by atoms with van der Waals surface area (Å²) in [7, 11) is 1.72. The highest BCUT2D eigenvalue weighted by molar-refractivity contribution is 9.10. The number of anilines is 2. The van der Waals surface area contributed by atoms with Gasteiger partial charge >= 0.3 is 0 Å². The fraction of sp³-hybridized carbons (Fsp3) is 0.300. The summed E-state index contributed by atoms with van der Waals surface area (Å²) in [5.41, 5.74) is 7.08. The summed E-state index contributed by atoms with van der Waals surface area (Å²) >= 11 is 3.34. The second-order valence-electron chi connectivity index (χ2n) is 3.39. The van der Waals surface area contributed by atoms with Gasteiger partial charge in [-0.15, -0.1) is 0 Å². The Morgan fingerprint density at radius 1 is 1.53 bits per heavy atom. The van der Waals surface area contributed by atoms with E-state index in [9.17, 15) is 4.79 Å². The fourth-order valence-electron chi connectivity index (χ4n) is 1.55. The number of benzene rings is 1. The molecular formula is C10H11BrN2O2. The van der Waals surface area contributed by atoms with Gasteiger partial charge in [-0.2, -0.15) is 0 Å². The average molecular weight is 271 g/mol. The van der Waals surface area contributed by atoms with Crippen LogP contribution in [-0.2, 0) is 4.79 Å². The maximum Gasteiger partial charge on any atom is 0.230 e. The zero-order valence-corrected chi connectivity index (χ0v) is 9.87. The van der Waals surface area contributed by atoms with Gasteiger partial charge in [0.25, 0.3) is 0 Å². The number of hydrogen-bond acceptors (Lipinski definition) is 3. The van der Waals surface area contributed by atoms with Crippen molar-refractivity contribution in [2.24, 2.45) is 0 Å². The molecule has 1 aliphatic heterocycles. The monoisotopic (exact) mass is 270 g/mol. The van der Waals surface area contributed by atoms with Crippen molar-refractivity contribution >= 4 is 33.2 Å². The zero-order valence-electron chi connectivity index (χ0n) is 8.29. The summed E-state index contributed by atoms with van der Waals surface area (Å²) < 4.78 is 6.30. The van der Waals surface area contributed by atoms with Crippen LogP contribution in [0.3, 0.4) is 0 Å². The van der Waals surface area contributed by atoms with Crippen molar-refractivity contribution in [1.29, 1.82) is 0 Å². The van der Waals surface area contributed by atoms with E-state index in [1.807, 2.05) is 6.07 Å². The standard InChI is InChI=1S/C10H11BrN2O2/c1-13-8-5-6(11)4-7(12)10(8)15-3-2-9(13)14/h4-5H,2-3,12H2,1H3. The first-order valence-electron chi connectivity index (χ1n) is 4.58. The van der Waals surface area contributed by atoms with Crippen LogP contribution in [0.4, 0.5) is 11.4 Å². The summed E-state index contributed by atoms with van der Waals surface area (Å²) in [4.78, 5) is 13.2. The van der Waals surface area contributed by atoms with Gasteiger partial charge in [-0.25, -0.2) is 0 Å². The van der Waals surface area contributed by atoms with Gasteiger partial charge in [0.05, 0.1) is 24.4 Å². The Kier molecular flexibility index (Phi) is 2.56. The number of ether oxygens (including phenoxy) is 1. The molecule has 1 heterocycles. The summed E-state index contributed by atoms with van der Waals surface area (Å²) in [5.74, 6) is 0.623. The van der Waals surface area contributed by atoms with Crippen molar-refractivity contribution < 1.29 is 9.53 Å². The highest BCUT2D eigenvalue weighted by Crippen LogP contribution is 2.38. The van der Waals surface area contributed by atoms with Crippen LogP contribution in [0.15, 0.2) is 16.6 Å². The molecule has 0 saturated heterocycles. The van der Waals surface area contributed by atoms with Gasteiger partial charge in [-0.3, -0.25) is 4.79 Å². The maximum absolute atomic E-state index is 11.6.